The fraction of sp³-hybridized carbons (Fsp3) is 0.296. The maximum atomic E-state index is 14.3. The molecule has 1 saturated heterocycles. The first kappa shape index (κ1) is 25.6. The molecule has 3 heterocycles. The second-order valence-electron chi connectivity index (χ2n) is 9.09. The number of hydrogen-bond donors (Lipinski definition) is 1. The predicted octanol–water partition coefficient (Wildman–Crippen LogP) is 4.33. The number of hydrogen-bond acceptors (Lipinski definition) is 7. The Labute approximate surface area is 217 Å². The molecule has 11 heteroatoms. The van der Waals surface area contributed by atoms with Gasteiger partial charge in [0, 0.05) is 50.1 Å². The minimum Gasteiger partial charge on any atom is -0.488 e. The number of nitrogens with zero attached hydrogens (tertiary/aromatic N) is 4. The van der Waals surface area contributed by atoms with Crippen molar-refractivity contribution in [3.05, 3.63) is 83.0 Å². The number of ether oxygens (including phenoxy) is 2. The highest BCUT2D eigenvalue weighted by molar-refractivity contribution is 6.07. The van der Waals surface area contributed by atoms with Gasteiger partial charge in [-0.15, -0.1) is 0 Å². The molecule has 2 aromatic carbocycles. The van der Waals surface area contributed by atoms with Gasteiger partial charge in [0.1, 0.15) is 41.6 Å². The number of amides is 1. The standard InChI is InChI=1S/C27H27F2N5O4/c1-17-25(16-38-32-17)31-27(35)23-11-22(20-12-30-33(2)13-20)19(14-34-5-7-36-8-6-34)9-26(23)37-15-18-3-4-21(28)10-24(18)29/h3-4,9-13,16H,5-8,14-15H2,1-2H3,(H,31,35). The van der Waals surface area contributed by atoms with Crippen molar-refractivity contribution in [2.45, 2.75) is 20.1 Å². The van der Waals surface area contributed by atoms with Gasteiger partial charge in [-0.3, -0.25) is 14.4 Å². The van der Waals surface area contributed by atoms with Gasteiger partial charge >= 0.3 is 0 Å². The maximum absolute atomic E-state index is 14.3. The van der Waals surface area contributed by atoms with Gasteiger partial charge in [-0.05, 0) is 42.3 Å². The van der Waals surface area contributed by atoms with Crippen LogP contribution in [0.25, 0.3) is 11.1 Å². The third-order valence-electron chi connectivity index (χ3n) is 6.36. The van der Waals surface area contributed by atoms with Crippen molar-refractivity contribution in [3.8, 4) is 16.9 Å². The molecular weight excluding hydrogens is 496 g/mol. The van der Waals surface area contributed by atoms with E-state index in [0.29, 0.717) is 31.1 Å². The SMILES string of the molecule is Cc1nocc1NC(=O)c1cc(-c2cnn(C)c2)c(CN2CCOCC2)cc1OCc1ccc(F)cc1F. The van der Waals surface area contributed by atoms with E-state index >= 15 is 0 Å². The number of carbonyl (C=O) groups is 1. The third-order valence-corrected chi connectivity index (χ3v) is 6.36. The fourth-order valence-corrected chi connectivity index (χ4v) is 4.28. The molecule has 9 nitrogen and oxygen atoms in total. The van der Waals surface area contributed by atoms with Gasteiger partial charge in [0.25, 0.3) is 5.91 Å². The largest absolute Gasteiger partial charge is 0.488 e. The van der Waals surface area contributed by atoms with Crippen molar-refractivity contribution in [2.75, 3.05) is 31.6 Å². The molecule has 5 rings (SSSR count). The number of halogens is 2. The zero-order valence-electron chi connectivity index (χ0n) is 21.0. The molecule has 1 aliphatic rings. The molecule has 0 unspecified atom stereocenters. The zero-order chi connectivity index (χ0) is 26.6. The smallest absolute Gasteiger partial charge is 0.259 e. The molecule has 1 aliphatic heterocycles. The highest BCUT2D eigenvalue weighted by Crippen LogP contribution is 2.33. The van der Waals surface area contributed by atoms with Crippen LogP contribution < -0.4 is 10.1 Å². The van der Waals surface area contributed by atoms with Crippen molar-refractivity contribution in [1.82, 2.24) is 19.8 Å². The van der Waals surface area contributed by atoms with Gasteiger partial charge in [0.15, 0.2) is 0 Å². The molecule has 38 heavy (non-hydrogen) atoms. The van der Waals surface area contributed by atoms with Crippen LogP contribution in [0.4, 0.5) is 14.5 Å². The quantitative estimate of drug-likeness (QED) is 0.368. The van der Waals surface area contributed by atoms with Gasteiger partial charge in [-0.2, -0.15) is 5.10 Å². The van der Waals surface area contributed by atoms with E-state index < -0.39 is 17.5 Å². The third kappa shape index (κ3) is 5.74. The summed E-state index contributed by atoms with van der Waals surface area (Å²) in [5, 5.41) is 10.9. The highest BCUT2D eigenvalue weighted by atomic mass is 19.1. The number of aryl methyl sites for hydroxylation is 2. The Hall–Kier alpha value is -4.09. The molecule has 1 N–H and O–H groups in total. The average molecular weight is 524 g/mol. The van der Waals surface area contributed by atoms with Gasteiger partial charge in [0.2, 0.25) is 0 Å². The summed E-state index contributed by atoms with van der Waals surface area (Å²) in [7, 11) is 1.82. The van der Waals surface area contributed by atoms with E-state index in [1.54, 1.807) is 29.9 Å². The number of benzene rings is 2. The summed E-state index contributed by atoms with van der Waals surface area (Å²) in [6.07, 6.45) is 4.95. The van der Waals surface area contributed by atoms with Crippen LogP contribution in [0.5, 0.6) is 5.75 Å². The van der Waals surface area contributed by atoms with Crippen LogP contribution in [0.3, 0.4) is 0 Å². The lowest BCUT2D eigenvalue weighted by Crippen LogP contribution is -2.35. The minimum absolute atomic E-state index is 0.165. The van der Waals surface area contributed by atoms with E-state index in [2.05, 4.69) is 20.5 Å². The van der Waals surface area contributed by atoms with E-state index in [4.69, 9.17) is 14.0 Å². The Bertz CT molecular complexity index is 1450. The van der Waals surface area contributed by atoms with Crippen LogP contribution in [-0.2, 0) is 24.9 Å². The topological polar surface area (TPSA) is 94.7 Å². The lowest BCUT2D eigenvalue weighted by Gasteiger charge is -2.28. The first-order valence-electron chi connectivity index (χ1n) is 12.1. The average Bonchev–Trinajstić information content (AvgIpc) is 3.51. The lowest BCUT2D eigenvalue weighted by molar-refractivity contribution is 0.0342. The molecule has 0 spiro atoms. The van der Waals surface area contributed by atoms with Gasteiger partial charge in [-0.1, -0.05) is 5.16 Å². The monoisotopic (exact) mass is 523 g/mol. The Kier molecular flexibility index (Phi) is 7.47. The second-order valence-corrected chi connectivity index (χ2v) is 9.09. The summed E-state index contributed by atoms with van der Waals surface area (Å²) in [5.41, 5.74) is 3.90. The molecule has 1 amide bonds. The van der Waals surface area contributed by atoms with Crippen LogP contribution in [0, 0.1) is 18.6 Å². The van der Waals surface area contributed by atoms with Crippen LogP contribution >= 0.6 is 0 Å². The van der Waals surface area contributed by atoms with E-state index in [1.165, 1.54) is 18.4 Å². The predicted molar refractivity (Wildman–Crippen MR) is 135 cm³/mol. The minimum atomic E-state index is -0.725. The normalized spacial score (nSPS) is 14.0. The Balaban J connectivity index is 1.55. The summed E-state index contributed by atoms with van der Waals surface area (Å²) in [6, 6.07) is 6.84. The van der Waals surface area contributed by atoms with Gasteiger partial charge < -0.3 is 19.3 Å². The van der Waals surface area contributed by atoms with Crippen molar-refractivity contribution in [3.63, 3.8) is 0 Å². The Morgan fingerprint density at radius 2 is 1.97 bits per heavy atom. The van der Waals surface area contributed by atoms with Crippen molar-refractivity contribution >= 4 is 11.6 Å². The number of rotatable bonds is 8. The maximum Gasteiger partial charge on any atom is 0.259 e. The highest BCUT2D eigenvalue weighted by Gasteiger charge is 2.22. The molecule has 0 atom stereocenters. The number of morpholine rings is 1. The molecule has 198 valence electrons. The molecule has 0 radical (unpaired) electrons. The van der Waals surface area contributed by atoms with Crippen molar-refractivity contribution in [1.29, 1.82) is 0 Å². The Morgan fingerprint density at radius 3 is 2.66 bits per heavy atom. The van der Waals surface area contributed by atoms with Gasteiger partial charge in [0.05, 0.1) is 25.0 Å². The number of aromatic nitrogens is 3. The van der Waals surface area contributed by atoms with Crippen molar-refractivity contribution < 1.29 is 27.6 Å². The first-order chi connectivity index (χ1) is 18.4. The van der Waals surface area contributed by atoms with Crippen molar-refractivity contribution in [2.24, 2.45) is 7.05 Å². The molecule has 0 aliphatic carbocycles. The molecular formula is C27H27F2N5O4. The number of anilines is 1. The summed E-state index contributed by atoms with van der Waals surface area (Å²) >= 11 is 0. The molecule has 4 aromatic rings. The Morgan fingerprint density at radius 1 is 1.16 bits per heavy atom. The molecule has 0 saturated carbocycles. The van der Waals surface area contributed by atoms with Crippen LogP contribution in [0.15, 0.2) is 53.5 Å². The summed E-state index contributed by atoms with van der Waals surface area (Å²) in [6.45, 7) is 4.89. The number of nitrogens with one attached hydrogen (secondary N) is 1. The van der Waals surface area contributed by atoms with E-state index in [1.807, 2.05) is 13.2 Å². The molecule has 0 bridgehead atoms. The summed E-state index contributed by atoms with van der Waals surface area (Å²) < 4.78 is 45.9. The van der Waals surface area contributed by atoms with E-state index in [9.17, 15) is 13.6 Å². The fourth-order valence-electron chi connectivity index (χ4n) is 4.28. The van der Waals surface area contributed by atoms with E-state index in [0.717, 1.165) is 35.8 Å². The van der Waals surface area contributed by atoms with E-state index in [-0.39, 0.29) is 23.5 Å². The lowest BCUT2D eigenvalue weighted by atomic mass is 9.97. The van der Waals surface area contributed by atoms with Crippen LogP contribution in [0.1, 0.15) is 27.2 Å². The number of carbonyl (C=O) groups excluding carboxylic acids is 1. The summed E-state index contributed by atoms with van der Waals surface area (Å²) in [4.78, 5) is 15.7. The van der Waals surface area contributed by atoms with Crippen LogP contribution in [-0.4, -0.2) is 52.0 Å². The van der Waals surface area contributed by atoms with Gasteiger partial charge in [-0.25, -0.2) is 8.78 Å². The molecule has 2 aromatic heterocycles. The zero-order valence-corrected chi connectivity index (χ0v) is 21.0. The summed E-state index contributed by atoms with van der Waals surface area (Å²) in [5.74, 6) is -1.59. The first-order valence-corrected chi connectivity index (χ1v) is 12.1. The van der Waals surface area contributed by atoms with Crippen LogP contribution in [0.2, 0.25) is 0 Å². The second kappa shape index (κ2) is 11.1. The molecule has 1 fully saturated rings.